The number of aliphatic hydroxyl groups excluding tert-OH is 1. The maximum absolute atomic E-state index is 10.9. The van der Waals surface area contributed by atoms with Crippen LogP contribution in [0.15, 0.2) is 0 Å². The van der Waals surface area contributed by atoms with Crippen LogP contribution in [0.5, 0.6) is 0 Å². The third-order valence-electron chi connectivity index (χ3n) is 3.99. The molecule has 0 saturated carbocycles. The van der Waals surface area contributed by atoms with Crippen LogP contribution in [0.2, 0.25) is 0 Å². The van der Waals surface area contributed by atoms with Crippen molar-refractivity contribution >= 4 is 30.4 Å². The molecule has 24 heavy (non-hydrogen) atoms. The highest BCUT2D eigenvalue weighted by molar-refractivity contribution is 7.96. The van der Waals surface area contributed by atoms with Crippen LogP contribution in [-0.4, -0.2) is 35.7 Å². The molecule has 1 unspecified atom stereocenters. The number of rotatable bonds is 16. The molecular weight excluding hydrogens is 338 g/mol. The molecule has 3 nitrogen and oxygen atoms in total. The first-order chi connectivity index (χ1) is 11.6. The molecule has 2 N–H and O–H groups in total. The summed E-state index contributed by atoms with van der Waals surface area (Å²) in [7, 11) is 0. The van der Waals surface area contributed by atoms with Gasteiger partial charge in [0.25, 0.3) is 0 Å². The van der Waals surface area contributed by atoms with Crippen LogP contribution < -0.4 is 5.32 Å². The largest absolute Gasteiger partial charge is 0.395 e. The molecule has 0 radical (unpaired) electrons. The van der Waals surface area contributed by atoms with Crippen molar-refractivity contribution in [2.75, 3.05) is 25.4 Å². The maximum Gasteiger partial charge on any atom is 0.188 e. The average molecular weight is 380 g/mol. The molecule has 0 aliphatic heterocycles. The van der Waals surface area contributed by atoms with Gasteiger partial charge in [0, 0.05) is 24.8 Å². The molecule has 5 heteroatoms. The van der Waals surface area contributed by atoms with Crippen LogP contribution in [0.4, 0.5) is 0 Å². The number of carbonyl (C=O) groups is 1. The van der Waals surface area contributed by atoms with Crippen molar-refractivity contribution in [1.82, 2.24) is 5.32 Å². The molecule has 0 amide bonds. The summed E-state index contributed by atoms with van der Waals surface area (Å²) in [5.41, 5.74) is 0. The van der Waals surface area contributed by atoms with Crippen molar-refractivity contribution in [3.8, 4) is 0 Å². The Kier molecular flexibility index (Phi) is 25.7. The van der Waals surface area contributed by atoms with E-state index in [1.165, 1.54) is 64.2 Å². The van der Waals surface area contributed by atoms with Crippen molar-refractivity contribution in [1.29, 1.82) is 0 Å². The van der Waals surface area contributed by atoms with Crippen LogP contribution in [0.25, 0.3) is 0 Å². The third kappa shape index (κ3) is 24.5. The van der Waals surface area contributed by atoms with Gasteiger partial charge in [-0.05, 0) is 6.42 Å². The van der Waals surface area contributed by atoms with Crippen LogP contribution in [0.1, 0.15) is 84.5 Å². The summed E-state index contributed by atoms with van der Waals surface area (Å²) >= 11 is 7.80. The molecule has 0 aromatic heterocycles. The number of nitrogens with one attached hydrogen (secondary N) is 1. The van der Waals surface area contributed by atoms with E-state index in [9.17, 15) is 4.79 Å². The number of hydrogen-bond donors (Lipinski definition) is 4. The first kappa shape index (κ1) is 26.5. The summed E-state index contributed by atoms with van der Waals surface area (Å²) in [5, 5.41) is 11.2. The van der Waals surface area contributed by atoms with Gasteiger partial charge in [0.05, 0.1) is 6.61 Å². The first-order valence-corrected chi connectivity index (χ1v) is 10.8. The van der Waals surface area contributed by atoms with E-state index in [-0.39, 0.29) is 17.6 Å². The van der Waals surface area contributed by atoms with Gasteiger partial charge in [0.2, 0.25) is 0 Å². The molecule has 0 bridgehead atoms. The Balaban J connectivity index is 0. The zero-order valence-corrected chi connectivity index (χ0v) is 17.7. The lowest BCUT2D eigenvalue weighted by Crippen LogP contribution is -2.19. The lowest BCUT2D eigenvalue weighted by atomic mass is 10.0. The van der Waals surface area contributed by atoms with Crippen molar-refractivity contribution in [3.05, 3.63) is 0 Å². The first-order valence-electron chi connectivity index (χ1n) is 9.75. The minimum absolute atomic E-state index is 0.0425. The van der Waals surface area contributed by atoms with Gasteiger partial charge >= 0.3 is 0 Å². The predicted molar refractivity (Wildman–Crippen MR) is 113 cm³/mol. The summed E-state index contributed by atoms with van der Waals surface area (Å²) in [5.74, 6) is 0.979. The Morgan fingerprint density at radius 2 is 1.46 bits per heavy atom. The normalized spacial score (nSPS) is 11.7. The van der Waals surface area contributed by atoms with E-state index in [1.807, 2.05) is 6.92 Å². The Labute approximate surface area is 161 Å². The summed E-state index contributed by atoms with van der Waals surface area (Å²) in [6.07, 6.45) is 14.5. The van der Waals surface area contributed by atoms with Gasteiger partial charge in [-0.2, -0.15) is 12.6 Å². The van der Waals surface area contributed by atoms with Gasteiger partial charge in [0.15, 0.2) is 5.12 Å². The van der Waals surface area contributed by atoms with Gasteiger partial charge in [-0.3, -0.25) is 4.79 Å². The van der Waals surface area contributed by atoms with Crippen LogP contribution in [-0.2, 0) is 4.79 Å². The monoisotopic (exact) mass is 379 g/mol. The number of unbranched alkanes of at least 4 members (excludes halogenated alkanes) is 9. The number of thiol groups is 2. The standard InChI is InChI=1S/C15H30OS.C4H11NOS/c1-3-4-5-6-7-8-9-10-11-12-13-14(2)15(16)17;6-3-1-5-2-4-7/h14H,3-13H2,1-2H3,(H,16,17);5-7H,1-4H2. The Hall–Kier alpha value is 0.290. The molecule has 146 valence electrons. The maximum atomic E-state index is 10.9. The minimum atomic E-state index is 0.0425. The predicted octanol–water partition coefficient (Wildman–Crippen LogP) is 4.89. The lowest BCUT2D eigenvalue weighted by Gasteiger charge is -2.06. The molecule has 0 aromatic carbocycles. The quantitative estimate of drug-likeness (QED) is 0.228. The van der Waals surface area contributed by atoms with E-state index >= 15 is 0 Å². The number of hydrogen-bond acceptors (Lipinski definition) is 4. The second-order valence-electron chi connectivity index (χ2n) is 6.41. The fourth-order valence-electron chi connectivity index (χ4n) is 2.34. The molecule has 0 aromatic rings. The fraction of sp³-hybridized carbons (Fsp3) is 0.947. The Morgan fingerprint density at radius 1 is 0.958 bits per heavy atom. The second kappa shape index (κ2) is 23.3. The van der Waals surface area contributed by atoms with Gasteiger partial charge in [-0.25, -0.2) is 0 Å². The van der Waals surface area contributed by atoms with E-state index in [0.29, 0.717) is 6.54 Å². The zero-order chi connectivity index (χ0) is 18.5. The van der Waals surface area contributed by atoms with Crippen molar-refractivity contribution in [2.24, 2.45) is 5.92 Å². The molecule has 0 aliphatic rings. The third-order valence-corrected chi connectivity index (χ3v) is 4.65. The smallest absolute Gasteiger partial charge is 0.188 e. The van der Waals surface area contributed by atoms with E-state index in [0.717, 1.165) is 18.7 Å². The molecule has 0 rings (SSSR count). The van der Waals surface area contributed by atoms with E-state index in [1.54, 1.807) is 0 Å². The van der Waals surface area contributed by atoms with Crippen LogP contribution in [0, 0.1) is 5.92 Å². The highest BCUT2D eigenvalue weighted by Gasteiger charge is 2.06. The summed E-state index contributed by atoms with van der Waals surface area (Å²) in [6, 6.07) is 0. The van der Waals surface area contributed by atoms with Crippen molar-refractivity contribution in [2.45, 2.75) is 84.5 Å². The van der Waals surface area contributed by atoms with Crippen molar-refractivity contribution in [3.63, 3.8) is 0 Å². The highest BCUT2D eigenvalue weighted by Crippen LogP contribution is 2.14. The topological polar surface area (TPSA) is 49.3 Å². The average Bonchev–Trinajstić information content (AvgIpc) is 2.57. The highest BCUT2D eigenvalue weighted by atomic mass is 32.1. The second-order valence-corrected chi connectivity index (χ2v) is 7.30. The van der Waals surface area contributed by atoms with Gasteiger partial charge in [0.1, 0.15) is 0 Å². The molecule has 0 spiro atoms. The van der Waals surface area contributed by atoms with Gasteiger partial charge in [-0.1, -0.05) is 78.1 Å². The van der Waals surface area contributed by atoms with E-state index < -0.39 is 0 Å². The summed E-state index contributed by atoms with van der Waals surface area (Å²) in [6.45, 7) is 6.01. The summed E-state index contributed by atoms with van der Waals surface area (Å²) < 4.78 is 0. The van der Waals surface area contributed by atoms with Crippen LogP contribution in [0.3, 0.4) is 0 Å². The Morgan fingerprint density at radius 3 is 1.88 bits per heavy atom. The molecule has 0 saturated heterocycles. The molecule has 0 heterocycles. The zero-order valence-electron chi connectivity index (χ0n) is 15.9. The number of carbonyl (C=O) groups excluding carboxylic acids is 1. The van der Waals surface area contributed by atoms with Crippen LogP contribution >= 0.6 is 25.3 Å². The molecule has 0 fully saturated rings. The molecule has 0 aliphatic carbocycles. The SMILES string of the molecule is CCCCCCCCCCCCC(C)C(=O)S.OCCNCCS. The van der Waals surface area contributed by atoms with E-state index in [2.05, 4.69) is 37.5 Å². The van der Waals surface area contributed by atoms with Crippen molar-refractivity contribution < 1.29 is 9.90 Å². The Bertz CT molecular complexity index is 250. The fourth-order valence-corrected chi connectivity index (χ4v) is 2.63. The number of aliphatic hydroxyl groups is 1. The van der Waals surface area contributed by atoms with Gasteiger partial charge in [-0.15, -0.1) is 12.6 Å². The minimum Gasteiger partial charge on any atom is -0.395 e. The molecular formula is C19H41NO2S2. The van der Waals surface area contributed by atoms with E-state index in [4.69, 9.17) is 5.11 Å². The summed E-state index contributed by atoms with van der Waals surface area (Å²) in [4.78, 5) is 10.9. The van der Waals surface area contributed by atoms with Gasteiger partial charge < -0.3 is 10.4 Å². The molecule has 1 atom stereocenters. The lowest BCUT2D eigenvalue weighted by molar-refractivity contribution is -0.113.